The highest BCUT2D eigenvalue weighted by molar-refractivity contribution is 6.35. The van der Waals surface area contributed by atoms with E-state index < -0.39 is 6.04 Å². The summed E-state index contributed by atoms with van der Waals surface area (Å²) < 4.78 is 0. The van der Waals surface area contributed by atoms with E-state index in [2.05, 4.69) is 31.8 Å². The highest BCUT2D eigenvalue weighted by Gasteiger charge is 2.14. The molecule has 0 radical (unpaired) electrons. The molecule has 0 fully saturated rings. The van der Waals surface area contributed by atoms with Crippen LogP contribution < -0.4 is 27.1 Å². The van der Waals surface area contributed by atoms with Gasteiger partial charge in [-0.05, 0) is 35.6 Å². The zero-order valence-corrected chi connectivity index (χ0v) is 16.7. The second kappa shape index (κ2) is 10.1. The van der Waals surface area contributed by atoms with E-state index in [0.717, 1.165) is 16.7 Å². The molecular formula is C22H23BN6O. The molecular weight excluding hydrogens is 375 g/mol. The maximum Gasteiger partial charge on any atom is 0.241 e. The Hall–Kier alpha value is -3.83. The van der Waals surface area contributed by atoms with Crippen LogP contribution in [-0.2, 0) is 11.2 Å². The lowest BCUT2D eigenvalue weighted by Crippen LogP contribution is -2.37. The van der Waals surface area contributed by atoms with Gasteiger partial charge in [0.2, 0.25) is 11.9 Å². The summed E-state index contributed by atoms with van der Waals surface area (Å²) in [4.78, 5) is 21.2. The lowest BCUT2D eigenvalue weighted by Gasteiger charge is -2.14. The summed E-state index contributed by atoms with van der Waals surface area (Å²) in [5.74, 6) is 3.36. The molecule has 8 heteroatoms. The van der Waals surface area contributed by atoms with E-state index in [1.54, 1.807) is 18.3 Å². The molecule has 0 aliphatic carbocycles. The van der Waals surface area contributed by atoms with Crippen LogP contribution in [0.5, 0.6) is 0 Å². The lowest BCUT2D eigenvalue weighted by atomic mass is 9.99. The van der Waals surface area contributed by atoms with Gasteiger partial charge in [-0.3, -0.25) is 4.79 Å². The van der Waals surface area contributed by atoms with E-state index in [1.165, 1.54) is 0 Å². The van der Waals surface area contributed by atoms with Crippen molar-refractivity contribution in [2.75, 3.05) is 22.5 Å². The first-order valence-corrected chi connectivity index (χ1v) is 9.53. The highest BCUT2D eigenvalue weighted by Crippen LogP contribution is 2.19. The van der Waals surface area contributed by atoms with Gasteiger partial charge in [0.15, 0.2) is 0 Å². The van der Waals surface area contributed by atoms with Crippen molar-refractivity contribution >= 4 is 42.4 Å². The van der Waals surface area contributed by atoms with Gasteiger partial charge in [-0.25, -0.2) is 4.98 Å². The van der Waals surface area contributed by atoms with Crippen molar-refractivity contribution in [3.8, 4) is 12.3 Å². The summed E-state index contributed by atoms with van der Waals surface area (Å²) >= 11 is 0. The first-order valence-electron chi connectivity index (χ1n) is 9.53. The number of nitrogens with two attached hydrogens (primary N) is 1. The zero-order chi connectivity index (χ0) is 21.3. The van der Waals surface area contributed by atoms with Gasteiger partial charge >= 0.3 is 0 Å². The Morgan fingerprint density at radius 1 is 1.17 bits per heavy atom. The third-order valence-corrected chi connectivity index (χ3v) is 4.35. The highest BCUT2D eigenvalue weighted by atomic mass is 16.2. The molecule has 3 rings (SSSR count). The normalized spacial score (nSPS) is 11.2. The van der Waals surface area contributed by atoms with E-state index in [4.69, 9.17) is 12.2 Å². The molecule has 3 aromatic rings. The number of hydrogen-bond acceptors (Lipinski definition) is 6. The minimum atomic E-state index is -0.644. The van der Waals surface area contributed by atoms with Crippen molar-refractivity contribution in [2.45, 2.75) is 12.5 Å². The first kappa shape index (κ1) is 20.9. The fraction of sp³-hybridized carbons (Fsp3) is 0.136. The van der Waals surface area contributed by atoms with Crippen LogP contribution in [-0.4, -0.2) is 36.3 Å². The van der Waals surface area contributed by atoms with E-state index >= 15 is 0 Å². The van der Waals surface area contributed by atoms with Crippen molar-refractivity contribution in [2.24, 2.45) is 5.73 Å². The molecule has 1 amide bonds. The predicted octanol–water partition coefficient (Wildman–Crippen LogP) is 1.03. The van der Waals surface area contributed by atoms with Gasteiger partial charge in [0, 0.05) is 17.6 Å². The average Bonchev–Trinajstić information content (AvgIpc) is 2.75. The summed E-state index contributed by atoms with van der Waals surface area (Å²) in [6, 6.07) is 16.3. The Labute approximate surface area is 176 Å². The maximum absolute atomic E-state index is 12.5. The fourth-order valence-corrected chi connectivity index (χ4v) is 2.82. The van der Waals surface area contributed by atoms with Gasteiger partial charge in [0.25, 0.3) is 0 Å². The number of nitrogens with one attached hydrogen (secondary N) is 3. The first-order chi connectivity index (χ1) is 14.5. The molecule has 1 aromatic heterocycles. The number of benzene rings is 2. The monoisotopic (exact) mass is 398 g/mol. The van der Waals surface area contributed by atoms with Crippen molar-refractivity contribution < 1.29 is 4.79 Å². The van der Waals surface area contributed by atoms with Gasteiger partial charge in [0.05, 0.1) is 12.6 Å². The number of rotatable bonds is 8. The Morgan fingerprint density at radius 2 is 1.93 bits per heavy atom. The standard InChI is InChI=1S/C22H23BN6O/c1-2-11-25-20-18(23)14-26-22(29-20)28-17-10-6-9-16(13-17)27-21(30)19(24)12-15-7-4-3-5-8-15/h1,3-10,13-14,19H,11-12,23-24H2,(H,27,30)(H2,25,26,28,29). The maximum atomic E-state index is 12.5. The lowest BCUT2D eigenvalue weighted by molar-refractivity contribution is -0.117. The van der Waals surface area contributed by atoms with Crippen LogP contribution in [0.15, 0.2) is 60.8 Å². The van der Waals surface area contributed by atoms with Crippen molar-refractivity contribution in [1.82, 2.24) is 9.97 Å². The van der Waals surface area contributed by atoms with Crippen LogP contribution in [0.25, 0.3) is 0 Å². The number of hydrogen-bond donors (Lipinski definition) is 4. The largest absolute Gasteiger partial charge is 0.359 e. The second-order valence-electron chi connectivity index (χ2n) is 6.77. The molecule has 5 N–H and O–H groups in total. The summed E-state index contributed by atoms with van der Waals surface area (Å²) in [5, 5.41) is 9.05. The number of nitrogens with zero attached hydrogens (tertiary/aromatic N) is 2. The van der Waals surface area contributed by atoms with E-state index in [-0.39, 0.29) is 5.91 Å². The van der Waals surface area contributed by atoms with Crippen molar-refractivity contribution in [3.63, 3.8) is 0 Å². The van der Waals surface area contributed by atoms with Crippen molar-refractivity contribution in [3.05, 3.63) is 66.4 Å². The third kappa shape index (κ3) is 5.83. The number of carbonyl (C=O) groups is 1. The molecule has 30 heavy (non-hydrogen) atoms. The summed E-state index contributed by atoms with van der Waals surface area (Å²) in [6.07, 6.45) is 7.47. The Morgan fingerprint density at radius 3 is 2.70 bits per heavy atom. The number of carbonyl (C=O) groups excluding carboxylic acids is 1. The van der Waals surface area contributed by atoms with Crippen LogP contribution in [0.2, 0.25) is 0 Å². The molecule has 0 aliphatic heterocycles. The minimum Gasteiger partial charge on any atom is -0.359 e. The number of anilines is 4. The second-order valence-corrected chi connectivity index (χ2v) is 6.77. The van der Waals surface area contributed by atoms with Gasteiger partial charge < -0.3 is 21.7 Å². The molecule has 0 aliphatic rings. The summed E-state index contributed by atoms with van der Waals surface area (Å²) in [5.41, 5.74) is 9.33. The van der Waals surface area contributed by atoms with Gasteiger partial charge in [-0.1, -0.05) is 42.3 Å². The van der Waals surface area contributed by atoms with Gasteiger partial charge in [-0.15, -0.1) is 6.42 Å². The molecule has 0 saturated heterocycles. The molecule has 1 unspecified atom stereocenters. The zero-order valence-electron chi connectivity index (χ0n) is 16.7. The minimum absolute atomic E-state index is 0.247. The molecule has 1 heterocycles. The predicted molar refractivity (Wildman–Crippen MR) is 124 cm³/mol. The molecule has 0 bridgehead atoms. The number of amides is 1. The molecule has 2 aromatic carbocycles. The van der Waals surface area contributed by atoms with Gasteiger partial charge in [0.1, 0.15) is 13.7 Å². The fourth-order valence-electron chi connectivity index (χ4n) is 2.82. The number of terminal acetylenes is 1. The summed E-state index contributed by atoms with van der Waals surface area (Å²) in [6.45, 7) is 0.377. The van der Waals surface area contributed by atoms with Crippen LogP contribution >= 0.6 is 0 Å². The third-order valence-electron chi connectivity index (χ3n) is 4.35. The SMILES string of the molecule is Bc1cnc(Nc2cccc(NC(=O)C(N)Cc3ccccc3)c2)nc1NCC#C. The Balaban J connectivity index is 1.64. The van der Waals surface area contributed by atoms with E-state index in [9.17, 15) is 4.79 Å². The van der Waals surface area contributed by atoms with Gasteiger partial charge in [-0.2, -0.15) is 4.98 Å². The molecule has 0 saturated carbocycles. The molecule has 7 nitrogen and oxygen atoms in total. The topological polar surface area (TPSA) is 105 Å². The Bertz CT molecular complexity index is 1050. The molecule has 0 spiro atoms. The smallest absolute Gasteiger partial charge is 0.241 e. The van der Waals surface area contributed by atoms with E-state index in [1.807, 2.05) is 50.3 Å². The molecule has 150 valence electrons. The summed E-state index contributed by atoms with van der Waals surface area (Å²) in [7, 11) is 1.90. The molecule has 1 atom stereocenters. The number of aromatic nitrogens is 2. The van der Waals surface area contributed by atoms with E-state index in [0.29, 0.717) is 30.4 Å². The quantitative estimate of drug-likeness (QED) is 0.334. The van der Waals surface area contributed by atoms with Crippen molar-refractivity contribution in [1.29, 1.82) is 0 Å². The average molecular weight is 398 g/mol. The van der Waals surface area contributed by atoms with Crippen LogP contribution in [0.3, 0.4) is 0 Å². The Kier molecular flexibility index (Phi) is 7.03. The van der Waals surface area contributed by atoms with Crippen LogP contribution in [0, 0.1) is 12.3 Å². The van der Waals surface area contributed by atoms with Crippen LogP contribution in [0.1, 0.15) is 5.56 Å². The van der Waals surface area contributed by atoms with Crippen LogP contribution in [0.4, 0.5) is 23.1 Å².